The molecule has 3 atom stereocenters. The quantitative estimate of drug-likeness (QED) is 0.250. The van der Waals surface area contributed by atoms with Gasteiger partial charge in [0, 0.05) is 33.3 Å². The number of amides is 1. The van der Waals surface area contributed by atoms with Crippen molar-refractivity contribution in [1.29, 1.82) is 0 Å². The van der Waals surface area contributed by atoms with Crippen LogP contribution >= 0.6 is 22.6 Å². The molecular weight excluding hydrogens is 569 g/mol. The molecule has 10 nitrogen and oxygen atoms in total. The number of hydrogen-bond donors (Lipinski definition) is 5. The lowest BCUT2D eigenvalue weighted by atomic mass is 9.60. The molecule has 0 spiro atoms. The van der Waals surface area contributed by atoms with Crippen LogP contribution in [0.5, 0.6) is 5.75 Å². The number of benzene rings is 1. The molecule has 0 fully saturated rings. The molecule has 0 heterocycles. The Morgan fingerprint density at radius 2 is 1.88 bits per heavy atom. The van der Waals surface area contributed by atoms with Gasteiger partial charge < -0.3 is 26.2 Å². The number of primary amides is 1. The third kappa shape index (κ3) is 3.46. The van der Waals surface area contributed by atoms with Crippen LogP contribution in [0.15, 0.2) is 28.7 Å². The van der Waals surface area contributed by atoms with Crippen LogP contribution < -0.4 is 5.73 Å². The van der Waals surface area contributed by atoms with E-state index in [2.05, 4.69) is 0 Å². The van der Waals surface area contributed by atoms with Crippen molar-refractivity contribution in [3.63, 3.8) is 0 Å². The number of sulfone groups is 1. The second-order valence-corrected chi connectivity index (χ2v) is 12.0. The molecule has 4 rings (SSSR count). The van der Waals surface area contributed by atoms with Gasteiger partial charge in [-0.3, -0.25) is 14.4 Å². The molecule has 12 heteroatoms. The van der Waals surface area contributed by atoms with Crippen LogP contribution in [0.1, 0.15) is 34.3 Å². The Hall–Kier alpha value is -2.45. The molecule has 0 aliphatic heterocycles. The average Bonchev–Trinajstić information content (AvgIpc) is 2.67. The SMILES string of the molecule is CS(=O)(=O)Cc1cc(I)c2c(c1O)C(=O)C1=C(O)[C@]3(O)C(=O)C(C(N)=O)=C(O)C[C@@H]3C[C@@H]1C2. The van der Waals surface area contributed by atoms with E-state index >= 15 is 0 Å². The first kappa shape index (κ1) is 23.7. The van der Waals surface area contributed by atoms with Crippen LogP contribution in [0, 0.1) is 15.4 Å². The number of phenolic OH excluding ortho intramolecular Hbond substituents is 1. The lowest BCUT2D eigenvalue weighted by Crippen LogP contribution is -2.57. The zero-order valence-electron chi connectivity index (χ0n) is 17.3. The first-order valence-corrected chi connectivity index (χ1v) is 13.0. The maximum absolute atomic E-state index is 13.4. The second-order valence-electron chi connectivity index (χ2n) is 8.70. The van der Waals surface area contributed by atoms with Crippen molar-refractivity contribution < 1.29 is 43.2 Å². The highest BCUT2D eigenvalue weighted by Crippen LogP contribution is 2.52. The van der Waals surface area contributed by atoms with E-state index in [-0.39, 0.29) is 36.0 Å². The number of ketones is 2. The highest BCUT2D eigenvalue weighted by molar-refractivity contribution is 14.1. The summed E-state index contributed by atoms with van der Waals surface area (Å²) in [5.41, 5.74) is 1.68. The molecule has 0 unspecified atom stereocenters. The van der Waals surface area contributed by atoms with Gasteiger partial charge in [0.1, 0.15) is 22.8 Å². The minimum absolute atomic E-state index is 0.0116. The first-order chi connectivity index (χ1) is 15.2. The standard InChI is InChI=1S/C21H20INO9S/c1-33(31,32)6-8-4-11(22)10-3-7-2-9-5-12(24)15(20(23)29)19(28)21(9,30)18(27)13(7)17(26)14(10)16(8)25/h4,7,9,24-25,27,30H,2-3,5-6H2,1H3,(H2,23,29)/t7-,9+,21+/m1/s1. The Labute approximate surface area is 201 Å². The smallest absolute Gasteiger partial charge is 0.255 e. The summed E-state index contributed by atoms with van der Waals surface area (Å²) >= 11 is 1.93. The number of halogens is 1. The van der Waals surface area contributed by atoms with Gasteiger partial charge in [-0.05, 0) is 53.0 Å². The predicted molar refractivity (Wildman–Crippen MR) is 122 cm³/mol. The van der Waals surface area contributed by atoms with Crippen molar-refractivity contribution in [3.8, 4) is 5.75 Å². The zero-order chi connectivity index (χ0) is 24.6. The lowest BCUT2D eigenvalue weighted by Gasteiger charge is -2.45. The van der Waals surface area contributed by atoms with Crippen molar-refractivity contribution in [2.75, 3.05) is 6.26 Å². The van der Waals surface area contributed by atoms with E-state index in [0.717, 1.165) is 6.26 Å². The molecule has 3 aliphatic rings. The van der Waals surface area contributed by atoms with E-state index in [1.807, 2.05) is 22.6 Å². The summed E-state index contributed by atoms with van der Waals surface area (Å²) < 4.78 is 24.1. The van der Waals surface area contributed by atoms with Gasteiger partial charge in [0.05, 0.1) is 11.3 Å². The van der Waals surface area contributed by atoms with Crippen LogP contribution in [0.4, 0.5) is 0 Å². The van der Waals surface area contributed by atoms with Crippen LogP contribution in [0.25, 0.3) is 0 Å². The maximum atomic E-state index is 13.4. The molecule has 0 aromatic heterocycles. The molecule has 176 valence electrons. The van der Waals surface area contributed by atoms with Crippen LogP contribution in [0.3, 0.4) is 0 Å². The van der Waals surface area contributed by atoms with Gasteiger partial charge in [0.25, 0.3) is 5.91 Å². The Bertz CT molecular complexity index is 1330. The van der Waals surface area contributed by atoms with E-state index in [0.29, 0.717) is 9.13 Å². The number of nitrogens with two attached hydrogens (primary N) is 1. The van der Waals surface area contributed by atoms with E-state index in [1.165, 1.54) is 6.07 Å². The third-order valence-corrected chi connectivity index (χ3v) is 8.30. The zero-order valence-corrected chi connectivity index (χ0v) is 20.2. The number of fused-ring (bicyclic) bond motifs is 3. The summed E-state index contributed by atoms with van der Waals surface area (Å²) in [5, 5.41) is 43.1. The van der Waals surface area contributed by atoms with Crippen molar-refractivity contribution >= 4 is 49.9 Å². The van der Waals surface area contributed by atoms with Crippen LogP contribution in [0.2, 0.25) is 0 Å². The predicted octanol–water partition coefficient (Wildman–Crippen LogP) is 0.730. The number of rotatable bonds is 3. The average molecular weight is 589 g/mol. The minimum Gasteiger partial charge on any atom is -0.511 e. The van der Waals surface area contributed by atoms with E-state index in [9.17, 15) is 43.2 Å². The highest BCUT2D eigenvalue weighted by atomic mass is 127. The molecule has 1 amide bonds. The fraction of sp³-hybridized carbons (Fsp3) is 0.381. The number of phenols is 1. The van der Waals surface area contributed by atoms with Crippen molar-refractivity contribution in [1.82, 2.24) is 0 Å². The second kappa shape index (κ2) is 7.53. The molecule has 0 saturated heterocycles. The van der Waals surface area contributed by atoms with Gasteiger partial charge in [0.2, 0.25) is 5.78 Å². The number of carbonyl (C=O) groups is 3. The number of Topliss-reactive ketones (excluding diaryl/α,β-unsaturated/α-hetero) is 2. The third-order valence-electron chi connectivity index (χ3n) is 6.50. The van der Waals surface area contributed by atoms with E-state index in [4.69, 9.17) is 5.73 Å². The molecular formula is C21H20INO9S. The number of aliphatic hydroxyl groups is 3. The van der Waals surface area contributed by atoms with Gasteiger partial charge in [0.15, 0.2) is 21.2 Å². The van der Waals surface area contributed by atoms with E-state index < -0.39 is 73.3 Å². The summed E-state index contributed by atoms with van der Waals surface area (Å²) in [7, 11) is -3.54. The Morgan fingerprint density at radius 3 is 2.45 bits per heavy atom. The summed E-state index contributed by atoms with van der Waals surface area (Å²) in [6, 6.07) is 1.48. The Morgan fingerprint density at radius 1 is 1.24 bits per heavy atom. The Balaban J connectivity index is 1.91. The van der Waals surface area contributed by atoms with Gasteiger partial charge in [-0.15, -0.1) is 0 Å². The minimum atomic E-state index is -3.54. The number of carbonyl (C=O) groups excluding carboxylic acids is 3. The molecule has 6 N–H and O–H groups in total. The molecule has 0 bridgehead atoms. The fourth-order valence-electron chi connectivity index (χ4n) is 5.09. The molecule has 0 radical (unpaired) electrons. The fourth-order valence-corrected chi connectivity index (χ4v) is 6.74. The van der Waals surface area contributed by atoms with Crippen LogP contribution in [-0.4, -0.2) is 58.2 Å². The summed E-state index contributed by atoms with van der Waals surface area (Å²) in [4.78, 5) is 38.0. The largest absolute Gasteiger partial charge is 0.511 e. The van der Waals surface area contributed by atoms with Crippen molar-refractivity contribution in [2.45, 2.75) is 30.6 Å². The topological polar surface area (TPSA) is 192 Å². The molecule has 1 aromatic carbocycles. The van der Waals surface area contributed by atoms with Crippen molar-refractivity contribution in [2.24, 2.45) is 17.6 Å². The van der Waals surface area contributed by atoms with Crippen LogP contribution in [-0.2, 0) is 31.6 Å². The monoisotopic (exact) mass is 589 g/mol. The normalized spacial score (nSPS) is 27.2. The maximum Gasteiger partial charge on any atom is 0.255 e. The number of aliphatic hydroxyl groups excluding tert-OH is 2. The van der Waals surface area contributed by atoms with Gasteiger partial charge >= 0.3 is 0 Å². The number of hydrogen-bond acceptors (Lipinski definition) is 9. The van der Waals surface area contributed by atoms with Gasteiger partial charge in [-0.25, -0.2) is 8.42 Å². The van der Waals surface area contributed by atoms with Gasteiger partial charge in [-0.2, -0.15) is 0 Å². The number of allylic oxidation sites excluding steroid dienone is 2. The van der Waals surface area contributed by atoms with Gasteiger partial charge in [-0.1, -0.05) is 0 Å². The Kier molecular flexibility index (Phi) is 5.41. The summed E-state index contributed by atoms with van der Waals surface area (Å²) in [5.74, 6) is -7.65. The molecule has 3 aliphatic carbocycles. The lowest BCUT2D eigenvalue weighted by molar-refractivity contribution is -0.144. The molecule has 1 aromatic rings. The molecule has 33 heavy (non-hydrogen) atoms. The summed E-state index contributed by atoms with van der Waals surface area (Å²) in [6.45, 7) is 0. The van der Waals surface area contributed by atoms with E-state index in [1.54, 1.807) is 0 Å². The first-order valence-electron chi connectivity index (χ1n) is 9.86. The molecule has 0 saturated carbocycles. The highest BCUT2D eigenvalue weighted by Gasteiger charge is 2.59. The number of aromatic hydroxyl groups is 1. The van der Waals surface area contributed by atoms with Crippen molar-refractivity contribution in [3.05, 3.63) is 49.0 Å². The summed E-state index contributed by atoms with van der Waals surface area (Å²) in [6.07, 6.45) is 0.880.